The lowest BCUT2D eigenvalue weighted by Gasteiger charge is -2.24. The molecule has 0 radical (unpaired) electrons. The van der Waals surface area contributed by atoms with Crippen LogP contribution in [0.25, 0.3) is 0 Å². The lowest BCUT2D eigenvalue weighted by atomic mass is 10.1. The average Bonchev–Trinajstić information content (AvgIpc) is 2.83. The highest BCUT2D eigenvalue weighted by atomic mass is 32.1. The Bertz CT molecular complexity index is 564. The van der Waals surface area contributed by atoms with Crippen LogP contribution >= 0.6 is 11.3 Å². The number of hydrogen-bond donors (Lipinski definition) is 1. The minimum Gasteiger partial charge on any atom is -0.321 e. The summed E-state index contributed by atoms with van der Waals surface area (Å²) in [7, 11) is 2.08. The van der Waals surface area contributed by atoms with E-state index in [4.69, 9.17) is 0 Å². The fraction of sp³-hybridized carbons (Fsp3) is 0.385. The van der Waals surface area contributed by atoms with Gasteiger partial charge in [-0.05, 0) is 23.9 Å². The topological polar surface area (TPSA) is 41.1 Å². The van der Waals surface area contributed by atoms with E-state index >= 15 is 0 Å². The van der Waals surface area contributed by atoms with E-state index in [0.717, 1.165) is 25.3 Å². The molecule has 2 aromatic heterocycles. The zero-order valence-corrected chi connectivity index (χ0v) is 11.4. The van der Waals surface area contributed by atoms with Crippen LogP contribution in [0.4, 0.5) is 10.8 Å². The highest BCUT2D eigenvalue weighted by molar-refractivity contribution is 7.14. The number of anilines is 2. The smallest absolute Gasteiger partial charge is 0.141 e. The molecule has 0 saturated carbocycles. The van der Waals surface area contributed by atoms with E-state index in [1.807, 2.05) is 0 Å². The molecule has 0 aromatic carbocycles. The molecule has 0 fully saturated rings. The van der Waals surface area contributed by atoms with Gasteiger partial charge in [-0.3, -0.25) is 0 Å². The molecule has 0 saturated heterocycles. The highest BCUT2D eigenvalue weighted by Gasteiger charge is 2.19. The average molecular weight is 260 g/mol. The van der Waals surface area contributed by atoms with Crippen molar-refractivity contribution in [1.29, 1.82) is 0 Å². The number of nitrogens with one attached hydrogen (secondary N) is 1. The summed E-state index contributed by atoms with van der Waals surface area (Å²) in [6.07, 6.45) is 2.67. The molecule has 1 N–H and O–H groups in total. The van der Waals surface area contributed by atoms with Crippen LogP contribution in [0, 0.1) is 6.92 Å². The number of rotatable bonds is 2. The second kappa shape index (κ2) is 4.66. The number of aromatic nitrogens is 2. The third-order valence-electron chi connectivity index (χ3n) is 3.31. The van der Waals surface area contributed by atoms with E-state index in [-0.39, 0.29) is 0 Å². The Balaban J connectivity index is 2.04. The first-order valence-corrected chi connectivity index (χ1v) is 6.96. The second-order valence-electron chi connectivity index (χ2n) is 4.52. The Morgan fingerprint density at radius 1 is 1.39 bits per heavy atom. The molecule has 1 aliphatic heterocycles. The molecule has 0 bridgehead atoms. The highest BCUT2D eigenvalue weighted by Crippen LogP contribution is 2.33. The number of aryl methyl sites for hydroxylation is 1. The zero-order valence-electron chi connectivity index (χ0n) is 10.6. The predicted octanol–water partition coefficient (Wildman–Crippen LogP) is 2.26. The number of thiophene rings is 1. The van der Waals surface area contributed by atoms with Gasteiger partial charge in [0.25, 0.3) is 0 Å². The SMILES string of the molecule is Cc1ccsc1N(C)c1ncnc2c1CNCC2. The standard InChI is InChI=1S/C13H16N4S/c1-9-4-6-18-13(9)17(2)12-10-7-14-5-3-11(10)15-8-16-12/h4,6,8,14H,3,5,7H2,1-2H3. The van der Waals surface area contributed by atoms with E-state index in [0.29, 0.717) is 0 Å². The Hall–Kier alpha value is -1.46. The molecule has 0 aliphatic carbocycles. The minimum absolute atomic E-state index is 0.861. The molecule has 18 heavy (non-hydrogen) atoms. The molecule has 0 amide bonds. The molecule has 4 nitrogen and oxygen atoms in total. The van der Waals surface area contributed by atoms with Crippen LogP contribution in [-0.2, 0) is 13.0 Å². The number of fused-ring (bicyclic) bond motifs is 1. The molecule has 94 valence electrons. The van der Waals surface area contributed by atoms with Crippen LogP contribution in [0.2, 0.25) is 0 Å². The summed E-state index contributed by atoms with van der Waals surface area (Å²) in [6.45, 7) is 4.00. The Morgan fingerprint density at radius 2 is 2.28 bits per heavy atom. The van der Waals surface area contributed by atoms with E-state index in [1.165, 1.54) is 21.8 Å². The van der Waals surface area contributed by atoms with Crippen molar-refractivity contribution in [3.8, 4) is 0 Å². The summed E-state index contributed by atoms with van der Waals surface area (Å²) in [5.74, 6) is 1.03. The molecule has 3 heterocycles. The molecule has 0 spiro atoms. The lowest BCUT2D eigenvalue weighted by Crippen LogP contribution is -2.27. The summed E-state index contributed by atoms with van der Waals surface area (Å²) < 4.78 is 0. The van der Waals surface area contributed by atoms with Gasteiger partial charge in [-0.15, -0.1) is 11.3 Å². The molecule has 0 unspecified atom stereocenters. The minimum atomic E-state index is 0.861. The fourth-order valence-corrected chi connectivity index (χ4v) is 3.25. The van der Waals surface area contributed by atoms with Crippen molar-refractivity contribution in [3.63, 3.8) is 0 Å². The third-order valence-corrected chi connectivity index (χ3v) is 4.40. The summed E-state index contributed by atoms with van der Waals surface area (Å²) >= 11 is 1.75. The van der Waals surface area contributed by atoms with E-state index in [9.17, 15) is 0 Å². The monoisotopic (exact) mass is 260 g/mol. The van der Waals surface area contributed by atoms with Gasteiger partial charge in [0.05, 0.1) is 10.7 Å². The maximum absolute atomic E-state index is 4.47. The molecule has 2 aromatic rings. The van der Waals surface area contributed by atoms with Crippen molar-refractivity contribution in [2.45, 2.75) is 19.9 Å². The molecular weight excluding hydrogens is 244 g/mol. The van der Waals surface area contributed by atoms with Gasteiger partial charge >= 0.3 is 0 Å². The van der Waals surface area contributed by atoms with Crippen molar-refractivity contribution >= 4 is 22.2 Å². The lowest BCUT2D eigenvalue weighted by molar-refractivity contribution is 0.625. The van der Waals surface area contributed by atoms with Crippen molar-refractivity contribution in [3.05, 3.63) is 34.6 Å². The molecule has 0 atom stereocenters. The normalized spacial score (nSPS) is 14.3. The van der Waals surface area contributed by atoms with E-state index in [2.05, 4.69) is 45.6 Å². The van der Waals surface area contributed by atoms with Crippen LogP contribution in [-0.4, -0.2) is 23.6 Å². The summed E-state index contributed by atoms with van der Waals surface area (Å²) in [5.41, 5.74) is 3.71. The number of hydrogen-bond acceptors (Lipinski definition) is 5. The van der Waals surface area contributed by atoms with Gasteiger partial charge in [0, 0.05) is 32.1 Å². The Morgan fingerprint density at radius 3 is 3.06 bits per heavy atom. The van der Waals surface area contributed by atoms with Crippen LogP contribution in [0.1, 0.15) is 16.8 Å². The first-order valence-electron chi connectivity index (χ1n) is 6.08. The van der Waals surface area contributed by atoms with Gasteiger partial charge in [0.2, 0.25) is 0 Å². The summed E-state index contributed by atoms with van der Waals surface area (Å²) in [4.78, 5) is 11.0. The van der Waals surface area contributed by atoms with Crippen LogP contribution in [0.15, 0.2) is 17.8 Å². The van der Waals surface area contributed by atoms with Crippen molar-refractivity contribution in [1.82, 2.24) is 15.3 Å². The van der Waals surface area contributed by atoms with Crippen molar-refractivity contribution < 1.29 is 0 Å². The van der Waals surface area contributed by atoms with Crippen molar-refractivity contribution in [2.24, 2.45) is 0 Å². The maximum Gasteiger partial charge on any atom is 0.141 e. The maximum atomic E-state index is 4.47. The Kier molecular flexibility index (Phi) is 3.01. The van der Waals surface area contributed by atoms with Crippen molar-refractivity contribution in [2.75, 3.05) is 18.5 Å². The molecular formula is C13H16N4S. The molecule has 3 rings (SSSR count). The second-order valence-corrected chi connectivity index (χ2v) is 5.41. The first kappa shape index (κ1) is 11.6. The van der Waals surface area contributed by atoms with Gasteiger partial charge in [-0.25, -0.2) is 9.97 Å². The van der Waals surface area contributed by atoms with Gasteiger partial charge in [0.15, 0.2) is 0 Å². The van der Waals surface area contributed by atoms with Gasteiger partial charge < -0.3 is 10.2 Å². The van der Waals surface area contributed by atoms with Gasteiger partial charge in [-0.1, -0.05) is 0 Å². The van der Waals surface area contributed by atoms with E-state index in [1.54, 1.807) is 17.7 Å². The van der Waals surface area contributed by atoms with Gasteiger partial charge in [-0.2, -0.15) is 0 Å². The Labute approximate surface area is 111 Å². The summed E-state index contributed by atoms with van der Waals surface area (Å²) in [6, 6.07) is 2.14. The zero-order chi connectivity index (χ0) is 12.5. The fourth-order valence-electron chi connectivity index (χ4n) is 2.35. The quantitative estimate of drug-likeness (QED) is 0.899. The predicted molar refractivity (Wildman–Crippen MR) is 74.6 cm³/mol. The van der Waals surface area contributed by atoms with Crippen LogP contribution in [0.5, 0.6) is 0 Å². The molecule has 1 aliphatic rings. The molecule has 5 heteroatoms. The van der Waals surface area contributed by atoms with Gasteiger partial charge in [0.1, 0.15) is 12.1 Å². The third kappa shape index (κ3) is 1.89. The largest absolute Gasteiger partial charge is 0.321 e. The summed E-state index contributed by atoms with van der Waals surface area (Å²) in [5, 5.41) is 6.76. The van der Waals surface area contributed by atoms with Crippen LogP contribution < -0.4 is 10.2 Å². The first-order chi connectivity index (χ1) is 8.77. The van der Waals surface area contributed by atoms with E-state index < -0.39 is 0 Å². The van der Waals surface area contributed by atoms with Crippen LogP contribution in [0.3, 0.4) is 0 Å². The number of nitrogens with zero attached hydrogens (tertiary/aromatic N) is 3.